The summed E-state index contributed by atoms with van der Waals surface area (Å²) in [5, 5.41) is 0. The molecule has 0 bridgehead atoms. The molecule has 0 amide bonds. The summed E-state index contributed by atoms with van der Waals surface area (Å²) in [6.45, 7) is 3.18. The maximum absolute atomic E-state index is 12.5. The number of nitrogens with two attached hydrogens (primary N) is 1. The van der Waals surface area contributed by atoms with Crippen LogP contribution in [0.5, 0.6) is 0 Å². The molecule has 0 aliphatic carbocycles. The quantitative estimate of drug-likeness (QED) is 0.821. The molecule has 1 aliphatic heterocycles. The van der Waals surface area contributed by atoms with Crippen LogP contribution in [0.3, 0.4) is 0 Å². The SMILES string of the molecule is CC1CN(c2cccc(C(F)(F)F)n2)CC1N. The van der Waals surface area contributed by atoms with Crippen LogP contribution in [0.1, 0.15) is 12.6 Å². The summed E-state index contributed by atoms with van der Waals surface area (Å²) in [5.41, 5.74) is 4.98. The largest absolute Gasteiger partial charge is 0.433 e. The Morgan fingerprint density at radius 3 is 2.59 bits per heavy atom. The summed E-state index contributed by atoms with van der Waals surface area (Å²) in [7, 11) is 0. The fraction of sp³-hybridized carbons (Fsp3) is 0.545. The zero-order valence-electron chi connectivity index (χ0n) is 9.41. The Morgan fingerprint density at radius 2 is 2.06 bits per heavy atom. The molecule has 0 radical (unpaired) electrons. The number of rotatable bonds is 1. The van der Waals surface area contributed by atoms with Crippen molar-refractivity contribution < 1.29 is 13.2 Å². The minimum atomic E-state index is -4.40. The molecule has 2 heterocycles. The monoisotopic (exact) mass is 245 g/mol. The van der Waals surface area contributed by atoms with E-state index in [2.05, 4.69) is 4.98 Å². The molecule has 0 spiro atoms. The first-order chi connectivity index (χ1) is 7.88. The van der Waals surface area contributed by atoms with Crippen LogP contribution in [-0.2, 0) is 6.18 Å². The van der Waals surface area contributed by atoms with Gasteiger partial charge in [-0.3, -0.25) is 0 Å². The second-order valence-corrected chi connectivity index (χ2v) is 4.42. The lowest BCUT2D eigenvalue weighted by Gasteiger charge is -2.18. The summed E-state index contributed by atoms with van der Waals surface area (Å²) < 4.78 is 37.5. The molecule has 6 heteroatoms. The average molecular weight is 245 g/mol. The highest BCUT2D eigenvalue weighted by molar-refractivity contribution is 5.41. The van der Waals surface area contributed by atoms with Gasteiger partial charge < -0.3 is 10.6 Å². The highest BCUT2D eigenvalue weighted by Crippen LogP contribution is 2.30. The van der Waals surface area contributed by atoms with E-state index in [1.807, 2.05) is 6.92 Å². The predicted octanol–water partition coefficient (Wildman–Crippen LogP) is 1.88. The van der Waals surface area contributed by atoms with E-state index >= 15 is 0 Å². The van der Waals surface area contributed by atoms with E-state index in [4.69, 9.17) is 5.73 Å². The molecule has 0 saturated carbocycles. The van der Waals surface area contributed by atoms with E-state index in [1.54, 1.807) is 11.0 Å². The molecule has 2 unspecified atom stereocenters. The Balaban J connectivity index is 2.23. The van der Waals surface area contributed by atoms with Crippen LogP contribution in [0.2, 0.25) is 0 Å². The highest BCUT2D eigenvalue weighted by Gasteiger charge is 2.34. The van der Waals surface area contributed by atoms with Gasteiger partial charge in [-0.05, 0) is 18.1 Å². The number of alkyl halides is 3. The summed E-state index contributed by atoms with van der Waals surface area (Å²) in [4.78, 5) is 5.44. The van der Waals surface area contributed by atoms with E-state index in [0.29, 0.717) is 18.9 Å². The average Bonchev–Trinajstić information content (AvgIpc) is 2.58. The highest BCUT2D eigenvalue weighted by atomic mass is 19.4. The number of aromatic nitrogens is 1. The second kappa shape index (κ2) is 4.18. The topological polar surface area (TPSA) is 42.2 Å². The molecule has 2 rings (SSSR count). The minimum absolute atomic E-state index is 0.00802. The molecule has 94 valence electrons. The molecule has 0 aromatic carbocycles. The second-order valence-electron chi connectivity index (χ2n) is 4.42. The lowest BCUT2D eigenvalue weighted by molar-refractivity contribution is -0.141. The normalized spacial score (nSPS) is 25.4. The van der Waals surface area contributed by atoms with Crippen molar-refractivity contribution in [2.75, 3.05) is 18.0 Å². The van der Waals surface area contributed by atoms with Gasteiger partial charge in [0.2, 0.25) is 0 Å². The van der Waals surface area contributed by atoms with Crippen LogP contribution in [0.25, 0.3) is 0 Å². The van der Waals surface area contributed by atoms with Crippen LogP contribution in [0.15, 0.2) is 18.2 Å². The fourth-order valence-corrected chi connectivity index (χ4v) is 1.94. The van der Waals surface area contributed by atoms with E-state index in [-0.39, 0.29) is 12.0 Å². The van der Waals surface area contributed by atoms with Crippen LogP contribution >= 0.6 is 0 Å². The van der Waals surface area contributed by atoms with Crippen LogP contribution in [-0.4, -0.2) is 24.1 Å². The molecule has 1 saturated heterocycles. The van der Waals surface area contributed by atoms with Crippen molar-refractivity contribution in [3.05, 3.63) is 23.9 Å². The van der Waals surface area contributed by atoms with Crippen molar-refractivity contribution in [2.24, 2.45) is 11.7 Å². The zero-order valence-corrected chi connectivity index (χ0v) is 9.41. The molecule has 3 nitrogen and oxygen atoms in total. The van der Waals surface area contributed by atoms with Crippen LogP contribution in [0.4, 0.5) is 19.0 Å². The van der Waals surface area contributed by atoms with Gasteiger partial charge in [0.25, 0.3) is 0 Å². The van der Waals surface area contributed by atoms with Gasteiger partial charge in [-0.2, -0.15) is 13.2 Å². The Kier molecular flexibility index (Phi) is 2.99. The Labute approximate surface area is 97.4 Å². The summed E-state index contributed by atoms with van der Waals surface area (Å²) in [6.07, 6.45) is -4.40. The summed E-state index contributed by atoms with van der Waals surface area (Å²) in [6, 6.07) is 3.93. The first-order valence-corrected chi connectivity index (χ1v) is 5.42. The smallest absolute Gasteiger partial charge is 0.355 e. The van der Waals surface area contributed by atoms with Crippen molar-refractivity contribution >= 4 is 5.82 Å². The lowest BCUT2D eigenvalue weighted by Crippen LogP contribution is -2.29. The van der Waals surface area contributed by atoms with E-state index in [9.17, 15) is 13.2 Å². The van der Waals surface area contributed by atoms with Gasteiger partial charge in [0.05, 0.1) is 0 Å². The van der Waals surface area contributed by atoms with Gasteiger partial charge in [0.1, 0.15) is 11.5 Å². The number of nitrogens with zero attached hydrogens (tertiary/aromatic N) is 2. The van der Waals surface area contributed by atoms with Crippen molar-refractivity contribution in [1.29, 1.82) is 0 Å². The first-order valence-electron chi connectivity index (χ1n) is 5.42. The molecular formula is C11H14F3N3. The van der Waals surface area contributed by atoms with Gasteiger partial charge in [0.15, 0.2) is 0 Å². The molecule has 1 aromatic heterocycles. The lowest BCUT2D eigenvalue weighted by atomic mass is 10.1. The van der Waals surface area contributed by atoms with Crippen LogP contribution < -0.4 is 10.6 Å². The van der Waals surface area contributed by atoms with E-state index in [0.717, 1.165) is 6.07 Å². The molecular weight excluding hydrogens is 231 g/mol. The van der Waals surface area contributed by atoms with E-state index in [1.165, 1.54) is 6.07 Å². The predicted molar refractivity (Wildman–Crippen MR) is 58.6 cm³/mol. The van der Waals surface area contributed by atoms with Gasteiger partial charge >= 0.3 is 6.18 Å². The van der Waals surface area contributed by atoms with Crippen molar-refractivity contribution in [3.63, 3.8) is 0 Å². The van der Waals surface area contributed by atoms with Gasteiger partial charge in [-0.25, -0.2) is 4.98 Å². The first kappa shape index (κ1) is 12.2. The molecule has 2 N–H and O–H groups in total. The van der Waals surface area contributed by atoms with Gasteiger partial charge in [0, 0.05) is 19.1 Å². The Hall–Kier alpha value is -1.30. The number of halogens is 3. The number of hydrogen-bond acceptors (Lipinski definition) is 3. The molecule has 1 aromatic rings. The third kappa shape index (κ3) is 2.52. The van der Waals surface area contributed by atoms with Gasteiger partial charge in [-0.1, -0.05) is 13.0 Å². The molecule has 17 heavy (non-hydrogen) atoms. The molecule has 2 atom stereocenters. The van der Waals surface area contributed by atoms with E-state index < -0.39 is 11.9 Å². The number of anilines is 1. The Bertz CT molecular complexity index is 395. The maximum atomic E-state index is 12.5. The molecule has 1 fully saturated rings. The van der Waals surface area contributed by atoms with Crippen molar-refractivity contribution in [3.8, 4) is 0 Å². The minimum Gasteiger partial charge on any atom is -0.355 e. The Morgan fingerprint density at radius 1 is 1.35 bits per heavy atom. The van der Waals surface area contributed by atoms with Crippen LogP contribution in [0, 0.1) is 5.92 Å². The van der Waals surface area contributed by atoms with Crippen molar-refractivity contribution in [2.45, 2.75) is 19.1 Å². The van der Waals surface area contributed by atoms with Crippen molar-refractivity contribution in [1.82, 2.24) is 4.98 Å². The summed E-state index contributed by atoms with van der Waals surface area (Å²) >= 11 is 0. The number of pyridine rings is 1. The number of hydrogen-bond donors (Lipinski definition) is 1. The fourth-order valence-electron chi connectivity index (χ4n) is 1.94. The van der Waals surface area contributed by atoms with Gasteiger partial charge in [-0.15, -0.1) is 0 Å². The zero-order chi connectivity index (χ0) is 12.6. The standard InChI is InChI=1S/C11H14F3N3/c1-7-5-17(6-8(7)15)10-4-2-3-9(16-10)11(12,13)14/h2-4,7-8H,5-6,15H2,1H3. The maximum Gasteiger partial charge on any atom is 0.433 e. The third-order valence-electron chi connectivity index (χ3n) is 3.02. The third-order valence-corrected chi connectivity index (χ3v) is 3.02. The molecule has 1 aliphatic rings. The summed E-state index contributed by atoms with van der Waals surface area (Å²) in [5.74, 6) is 0.617.